The Morgan fingerprint density at radius 2 is 1.94 bits per heavy atom. The van der Waals surface area contributed by atoms with Crippen molar-refractivity contribution in [1.82, 2.24) is 10.3 Å². The van der Waals surface area contributed by atoms with E-state index in [1.807, 2.05) is 5.32 Å². The van der Waals surface area contributed by atoms with Crippen LogP contribution in [0.4, 0.5) is 4.79 Å². The highest BCUT2D eigenvalue weighted by atomic mass is 16.6. The quantitative estimate of drug-likeness (QED) is 0.157. The number of aliphatic hydroxyl groups is 4. The van der Waals surface area contributed by atoms with Crippen molar-refractivity contribution in [3.8, 4) is 0 Å². The molecule has 0 radical (unpaired) electrons. The van der Waals surface area contributed by atoms with Crippen LogP contribution >= 0.6 is 0 Å². The van der Waals surface area contributed by atoms with E-state index < -0.39 is 48.7 Å². The van der Waals surface area contributed by atoms with Gasteiger partial charge in [-0.05, 0) is 0 Å². The Kier molecular flexibility index (Phi) is 3.01. The zero-order valence-electron chi connectivity index (χ0n) is 9.05. The minimum absolute atomic E-state index is 0.183. The maximum atomic E-state index is 11.8. The van der Waals surface area contributed by atoms with E-state index in [2.05, 4.69) is 0 Å². The second-order valence-electron chi connectivity index (χ2n) is 4.11. The number of rotatable bonds is 1. The predicted octanol–water partition coefficient (Wildman–Crippen LogP) is -4.42. The highest BCUT2D eigenvalue weighted by Crippen LogP contribution is 2.32. The Hall–Kier alpha value is -1.30. The normalized spacial score (nSPS) is 44.6. The molecule has 0 aromatic heterocycles. The van der Waals surface area contributed by atoms with E-state index in [1.165, 1.54) is 0 Å². The van der Waals surface area contributed by atoms with Crippen LogP contribution in [0.2, 0.25) is 0 Å². The molecule has 2 rings (SSSR count). The van der Waals surface area contributed by atoms with Gasteiger partial charge in [0.1, 0.15) is 24.4 Å². The van der Waals surface area contributed by atoms with Gasteiger partial charge in [0.05, 0.1) is 6.61 Å². The molecule has 0 unspecified atom stereocenters. The average molecular weight is 263 g/mol. The summed E-state index contributed by atoms with van der Waals surface area (Å²) in [5.41, 5.74) is -2.29. The van der Waals surface area contributed by atoms with Crippen molar-refractivity contribution >= 4 is 11.9 Å². The molecule has 1 spiro atoms. The van der Waals surface area contributed by atoms with Gasteiger partial charge in [-0.3, -0.25) is 10.1 Å². The number of amides is 3. The molecule has 3 amide bonds. The third kappa shape index (κ3) is 1.51. The summed E-state index contributed by atoms with van der Waals surface area (Å²) in [6, 6.07) is -1.03. The fourth-order valence-corrected chi connectivity index (χ4v) is 1.99. The molecule has 2 aliphatic heterocycles. The molecule has 18 heavy (non-hydrogen) atoms. The van der Waals surface area contributed by atoms with Crippen molar-refractivity contribution in [2.45, 2.75) is 30.1 Å². The number of aliphatic hydroxyl groups excluding tert-OH is 4. The van der Waals surface area contributed by atoms with Crippen LogP contribution in [0, 0.1) is 0 Å². The summed E-state index contributed by atoms with van der Waals surface area (Å²) in [5, 5.41) is 40.1. The number of urea groups is 1. The number of carbonyl (C=O) groups excluding carboxylic acids is 2. The zero-order chi connectivity index (χ0) is 13.7. The number of carbonyl (C=O) groups is 2. The molecular formula is C8H13N3O7. The molecule has 2 fully saturated rings. The van der Waals surface area contributed by atoms with E-state index in [4.69, 9.17) is 15.7 Å². The molecule has 10 heteroatoms. The maximum Gasteiger partial charge on any atom is 0.341 e. The fourth-order valence-electron chi connectivity index (χ4n) is 1.99. The van der Waals surface area contributed by atoms with Gasteiger partial charge in [0.15, 0.2) is 0 Å². The third-order valence-electron chi connectivity index (χ3n) is 3.04. The molecule has 10 nitrogen and oxygen atoms in total. The third-order valence-corrected chi connectivity index (χ3v) is 3.04. The van der Waals surface area contributed by atoms with Crippen LogP contribution in [0.15, 0.2) is 0 Å². The highest BCUT2D eigenvalue weighted by Gasteiger charge is 2.64. The molecule has 7 N–H and O–H groups in total. The first-order valence-electron chi connectivity index (χ1n) is 5.09. The molecule has 0 aromatic carbocycles. The average Bonchev–Trinajstić information content (AvgIpc) is 2.57. The van der Waals surface area contributed by atoms with E-state index in [0.717, 1.165) is 0 Å². The summed E-state index contributed by atoms with van der Waals surface area (Å²) in [6.07, 6.45) is -6.65. The Morgan fingerprint density at radius 1 is 1.33 bits per heavy atom. The molecule has 0 aromatic rings. The molecule has 0 aliphatic carbocycles. The number of hydrogen-bond donors (Lipinski definition) is 6. The fraction of sp³-hybridized carbons (Fsp3) is 0.750. The Bertz CT molecular complexity index is 389. The largest absolute Gasteiger partial charge is 0.394 e. The van der Waals surface area contributed by atoms with Gasteiger partial charge in [-0.2, -0.15) is 5.01 Å². The van der Waals surface area contributed by atoms with Crippen LogP contribution in [0.25, 0.3) is 0 Å². The molecule has 0 saturated carbocycles. The number of hydrogen-bond acceptors (Lipinski definition) is 8. The highest BCUT2D eigenvalue weighted by molar-refractivity contribution is 6.06. The van der Waals surface area contributed by atoms with Gasteiger partial charge in [-0.1, -0.05) is 0 Å². The van der Waals surface area contributed by atoms with Crippen molar-refractivity contribution in [3.05, 3.63) is 0 Å². The maximum absolute atomic E-state index is 11.8. The van der Waals surface area contributed by atoms with Gasteiger partial charge in [-0.25, -0.2) is 10.6 Å². The monoisotopic (exact) mass is 263 g/mol. The second kappa shape index (κ2) is 4.12. The molecular weight excluding hydrogens is 250 g/mol. The van der Waals surface area contributed by atoms with Crippen molar-refractivity contribution in [3.63, 3.8) is 0 Å². The minimum Gasteiger partial charge on any atom is -0.394 e. The summed E-state index contributed by atoms with van der Waals surface area (Å²) in [6.45, 7) is -0.722. The molecule has 0 bridgehead atoms. The Balaban J connectivity index is 2.38. The van der Waals surface area contributed by atoms with Crippen LogP contribution in [-0.4, -0.2) is 74.1 Å². The lowest BCUT2D eigenvalue weighted by Crippen LogP contribution is -2.71. The smallest absolute Gasteiger partial charge is 0.341 e. The lowest BCUT2D eigenvalue weighted by Gasteiger charge is -2.44. The number of ether oxygens (including phenoxy) is 1. The lowest BCUT2D eigenvalue weighted by atomic mass is 9.90. The molecule has 2 aliphatic rings. The molecule has 5 atom stereocenters. The van der Waals surface area contributed by atoms with Crippen LogP contribution in [0.3, 0.4) is 0 Å². The molecule has 2 heterocycles. The second-order valence-corrected chi connectivity index (χ2v) is 4.11. The number of nitrogens with two attached hydrogens (primary N) is 1. The van der Waals surface area contributed by atoms with Crippen molar-refractivity contribution in [2.75, 3.05) is 6.61 Å². The van der Waals surface area contributed by atoms with E-state index in [-0.39, 0.29) is 5.01 Å². The molecule has 102 valence electrons. The standard InChI is InChI=1S/C8H13N3O7/c9-11-6(16)8(10-7(11)17)5(15)4(14)3(13)2(1-12)18-8/h2-5,12-15H,1,9H2,(H,10,17)/t2-,3-,4+,5-,8+/m1/s1. The van der Waals surface area contributed by atoms with Crippen LogP contribution in [0.5, 0.6) is 0 Å². The van der Waals surface area contributed by atoms with Gasteiger partial charge >= 0.3 is 11.9 Å². The van der Waals surface area contributed by atoms with E-state index in [0.29, 0.717) is 0 Å². The van der Waals surface area contributed by atoms with E-state index >= 15 is 0 Å². The number of nitrogens with one attached hydrogen (secondary N) is 1. The zero-order valence-corrected chi connectivity index (χ0v) is 9.05. The number of nitrogens with zero attached hydrogens (tertiary/aromatic N) is 1. The summed E-state index contributed by atoms with van der Waals surface area (Å²) < 4.78 is 5.02. The summed E-state index contributed by atoms with van der Waals surface area (Å²) in [4.78, 5) is 23.0. The van der Waals surface area contributed by atoms with Gasteiger partial charge in [0.2, 0.25) is 0 Å². The van der Waals surface area contributed by atoms with Crippen molar-refractivity contribution in [1.29, 1.82) is 0 Å². The predicted molar refractivity (Wildman–Crippen MR) is 52.3 cm³/mol. The molecule has 2 saturated heterocycles. The SMILES string of the molecule is NN1C(=O)N[C@@]2(O[C@H](CO)[C@@H](O)[C@H](O)[C@H]2O)C1=O. The number of imide groups is 1. The van der Waals surface area contributed by atoms with E-state index in [1.54, 1.807) is 0 Å². The van der Waals surface area contributed by atoms with Gasteiger partial charge in [0, 0.05) is 0 Å². The van der Waals surface area contributed by atoms with Crippen LogP contribution in [0.1, 0.15) is 0 Å². The lowest BCUT2D eigenvalue weighted by molar-refractivity contribution is -0.268. The first kappa shape index (κ1) is 13.1. The topological polar surface area (TPSA) is 166 Å². The Labute approximate surface area is 101 Å². The van der Waals surface area contributed by atoms with Crippen LogP contribution in [-0.2, 0) is 9.53 Å². The van der Waals surface area contributed by atoms with Gasteiger partial charge < -0.3 is 25.2 Å². The van der Waals surface area contributed by atoms with Crippen molar-refractivity contribution < 1.29 is 34.8 Å². The Morgan fingerprint density at radius 3 is 2.39 bits per heavy atom. The minimum atomic E-state index is -2.29. The first-order chi connectivity index (χ1) is 8.35. The van der Waals surface area contributed by atoms with Crippen molar-refractivity contribution in [2.24, 2.45) is 5.84 Å². The summed E-state index contributed by atoms with van der Waals surface area (Å²) in [7, 11) is 0. The van der Waals surface area contributed by atoms with Crippen LogP contribution < -0.4 is 11.2 Å². The van der Waals surface area contributed by atoms with Gasteiger partial charge in [-0.15, -0.1) is 0 Å². The number of hydrazine groups is 1. The summed E-state index contributed by atoms with van der Waals surface area (Å²) >= 11 is 0. The van der Waals surface area contributed by atoms with Gasteiger partial charge in [0.25, 0.3) is 5.72 Å². The summed E-state index contributed by atoms with van der Waals surface area (Å²) in [5.74, 6) is 4.01. The van der Waals surface area contributed by atoms with E-state index in [9.17, 15) is 24.9 Å². The first-order valence-corrected chi connectivity index (χ1v) is 5.09.